The van der Waals surface area contributed by atoms with Crippen molar-refractivity contribution in [2.75, 3.05) is 95.1 Å². The molecule has 3 N–H and O–H groups in total. The van der Waals surface area contributed by atoms with Crippen molar-refractivity contribution in [3.8, 4) is 5.75 Å². The van der Waals surface area contributed by atoms with Gasteiger partial charge in [0, 0.05) is 107 Å². The highest BCUT2D eigenvalue weighted by Gasteiger charge is 2.40. The number of carbonyl (C=O) groups excluding carboxylic acids is 4. The number of fused-ring (bicyclic) bond motifs is 1. The second kappa shape index (κ2) is 22.4. The van der Waals surface area contributed by atoms with E-state index in [4.69, 9.17) is 30.1 Å². The molecule has 0 bridgehead atoms. The van der Waals surface area contributed by atoms with E-state index in [1.165, 1.54) is 20.4 Å². The van der Waals surface area contributed by atoms with Gasteiger partial charge in [-0.3, -0.25) is 34.0 Å². The van der Waals surface area contributed by atoms with Crippen molar-refractivity contribution < 1.29 is 42.3 Å². The summed E-state index contributed by atoms with van der Waals surface area (Å²) in [5, 5.41) is 9.35. The SMILES string of the molecule is COc1cc(N2CCC(N3CCN(C(=O)CCOCCCSc4cccc5c4CN(C4CCC(=O)NC4=O)C5=O)CC3)CC2)ccc1Nc1ncc(Cl)c(Nc2ccccc2P(=O)(OC)OC)n1. The van der Waals surface area contributed by atoms with Gasteiger partial charge in [-0.1, -0.05) is 29.8 Å². The van der Waals surface area contributed by atoms with Crippen LogP contribution in [0.15, 0.2) is 71.8 Å². The van der Waals surface area contributed by atoms with Crippen LogP contribution in [0.4, 0.5) is 28.8 Å². The van der Waals surface area contributed by atoms with Crippen LogP contribution in [-0.4, -0.2) is 140 Å². The largest absolute Gasteiger partial charge is 0.494 e. The van der Waals surface area contributed by atoms with Gasteiger partial charge in [0.1, 0.15) is 16.8 Å². The minimum absolute atomic E-state index is 0.120. The number of halogens is 1. The van der Waals surface area contributed by atoms with Crippen LogP contribution >= 0.6 is 31.0 Å². The molecule has 0 radical (unpaired) electrons. The molecule has 4 aromatic rings. The minimum Gasteiger partial charge on any atom is -0.494 e. The Morgan fingerprint density at radius 1 is 0.912 bits per heavy atom. The molecule has 21 heteroatoms. The Balaban J connectivity index is 0.736. The average Bonchev–Trinajstić information content (AvgIpc) is 3.70. The molecule has 3 aromatic carbocycles. The lowest BCUT2D eigenvalue weighted by molar-refractivity contribution is -0.137. The number of ether oxygens (including phenoxy) is 2. The monoisotopic (exact) mass is 989 g/mol. The van der Waals surface area contributed by atoms with Gasteiger partial charge >= 0.3 is 7.60 Å². The maximum absolute atomic E-state index is 13.2. The summed E-state index contributed by atoms with van der Waals surface area (Å²) in [6.07, 6.45) is 5.20. The van der Waals surface area contributed by atoms with Gasteiger partial charge in [0.2, 0.25) is 23.7 Å². The Kier molecular flexibility index (Phi) is 16.2. The molecule has 3 saturated heterocycles. The maximum atomic E-state index is 13.2. The molecular formula is C47H57ClN9O9PS. The van der Waals surface area contributed by atoms with E-state index in [0.29, 0.717) is 85.5 Å². The third-order valence-electron chi connectivity index (χ3n) is 12.8. The Hall–Kier alpha value is -5.27. The standard InChI is InChI=1S/C47H57ClN9O9PS/c1-63-39-28-32(12-13-36(39)51-47-49-29-35(48)44(53-47)50-37-9-4-5-10-40(37)67(62,64-2)65-3)54-19-16-31(17-20-54)55-21-23-56(24-22-55)43(59)18-26-66-25-7-27-68-41-11-6-8-33-34(41)30-57(46(33)61)38-14-15-42(58)52-45(38)60/h4-6,8-13,28-29,31,38H,7,14-27,30H2,1-3H3,(H,52,58,60)(H2,49,50,51,53). The van der Waals surface area contributed by atoms with E-state index in [2.05, 4.69) is 41.8 Å². The van der Waals surface area contributed by atoms with Gasteiger partial charge in [0.25, 0.3) is 5.91 Å². The number of rotatable bonds is 19. The number of nitrogens with one attached hydrogen (secondary N) is 3. The summed E-state index contributed by atoms with van der Waals surface area (Å²) in [6.45, 7) is 6.15. The number of hydrogen-bond donors (Lipinski definition) is 3. The molecule has 8 rings (SSSR count). The first-order chi connectivity index (χ1) is 33.0. The fourth-order valence-corrected chi connectivity index (χ4v) is 11.5. The molecule has 4 aliphatic rings. The summed E-state index contributed by atoms with van der Waals surface area (Å²) >= 11 is 8.15. The first-order valence-corrected chi connectivity index (χ1v) is 25.7. The highest BCUT2D eigenvalue weighted by molar-refractivity contribution is 7.99. The molecule has 1 unspecified atom stereocenters. The highest BCUT2D eigenvalue weighted by Crippen LogP contribution is 2.47. The number of anilines is 5. The first-order valence-electron chi connectivity index (χ1n) is 22.8. The zero-order valence-corrected chi connectivity index (χ0v) is 40.9. The fourth-order valence-electron chi connectivity index (χ4n) is 9.11. The first kappa shape index (κ1) is 49.2. The number of methoxy groups -OCH3 is 1. The number of para-hydroxylation sites is 1. The normalized spacial score (nSPS) is 18.1. The van der Waals surface area contributed by atoms with Crippen LogP contribution in [0.3, 0.4) is 0 Å². The smallest absolute Gasteiger partial charge is 0.362 e. The zero-order chi connectivity index (χ0) is 47.8. The van der Waals surface area contributed by atoms with Crippen LogP contribution in [0.5, 0.6) is 5.75 Å². The molecule has 18 nitrogen and oxygen atoms in total. The predicted octanol–water partition coefficient (Wildman–Crippen LogP) is 6.20. The van der Waals surface area contributed by atoms with E-state index in [0.717, 1.165) is 67.3 Å². The molecule has 0 saturated carbocycles. The molecule has 5 heterocycles. The summed E-state index contributed by atoms with van der Waals surface area (Å²) in [7, 11) is 0.708. The highest BCUT2D eigenvalue weighted by atomic mass is 35.5. The van der Waals surface area contributed by atoms with Crippen LogP contribution in [0.1, 0.15) is 54.4 Å². The quantitative estimate of drug-likeness (QED) is 0.0415. The Morgan fingerprint density at radius 3 is 2.44 bits per heavy atom. The van der Waals surface area contributed by atoms with Crippen molar-refractivity contribution in [1.82, 2.24) is 30.0 Å². The van der Waals surface area contributed by atoms with Crippen molar-refractivity contribution in [3.63, 3.8) is 0 Å². The summed E-state index contributed by atoms with van der Waals surface area (Å²) in [4.78, 5) is 68.7. The van der Waals surface area contributed by atoms with Crippen molar-refractivity contribution in [3.05, 3.63) is 83.0 Å². The van der Waals surface area contributed by atoms with E-state index >= 15 is 0 Å². The van der Waals surface area contributed by atoms with Gasteiger partial charge in [0.05, 0.1) is 43.0 Å². The molecule has 4 aliphatic heterocycles. The van der Waals surface area contributed by atoms with Crippen molar-refractivity contribution in [2.24, 2.45) is 0 Å². The van der Waals surface area contributed by atoms with Crippen LogP contribution < -0.4 is 30.9 Å². The van der Waals surface area contributed by atoms with Gasteiger partial charge < -0.3 is 43.9 Å². The number of hydrogen-bond acceptors (Lipinski definition) is 16. The van der Waals surface area contributed by atoms with Gasteiger partial charge in [-0.25, -0.2) is 4.98 Å². The lowest BCUT2D eigenvalue weighted by Crippen LogP contribution is -2.54. The number of piperidine rings is 2. The summed E-state index contributed by atoms with van der Waals surface area (Å²) < 4.78 is 35.3. The lowest BCUT2D eigenvalue weighted by atomic mass is 10.0. The number of thioether (sulfide) groups is 1. The van der Waals surface area contributed by atoms with E-state index in [1.807, 2.05) is 29.2 Å². The molecule has 3 fully saturated rings. The molecule has 68 heavy (non-hydrogen) atoms. The van der Waals surface area contributed by atoms with Crippen LogP contribution in [0.25, 0.3) is 0 Å². The topological polar surface area (TPSA) is 197 Å². The van der Waals surface area contributed by atoms with Crippen molar-refractivity contribution >= 4 is 88.7 Å². The van der Waals surface area contributed by atoms with Crippen molar-refractivity contribution in [1.29, 1.82) is 0 Å². The van der Waals surface area contributed by atoms with Gasteiger partial charge in [-0.2, -0.15) is 4.98 Å². The van der Waals surface area contributed by atoms with Gasteiger partial charge in [0.15, 0.2) is 5.82 Å². The molecule has 4 amide bonds. The second-order valence-corrected chi connectivity index (χ2v) is 20.5. The molecular weight excluding hydrogens is 933 g/mol. The zero-order valence-electron chi connectivity index (χ0n) is 38.4. The Labute approximate surface area is 405 Å². The van der Waals surface area contributed by atoms with E-state index < -0.39 is 19.5 Å². The van der Waals surface area contributed by atoms with E-state index in [1.54, 1.807) is 54.1 Å². The van der Waals surface area contributed by atoms with E-state index in [9.17, 15) is 23.7 Å². The van der Waals surface area contributed by atoms with Crippen LogP contribution in [0, 0.1) is 0 Å². The Morgan fingerprint density at radius 2 is 1.69 bits per heavy atom. The third kappa shape index (κ3) is 11.3. The second-order valence-electron chi connectivity index (χ2n) is 16.8. The molecule has 1 atom stereocenters. The molecule has 0 spiro atoms. The van der Waals surface area contributed by atoms with E-state index in [-0.39, 0.29) is 35.1 Å². The van der Waals surface area contributed by atoms with Gasteiger partial charge in [-0.05, 0) is 67.6 Å². The summed E-state index contributed by atoms with van der Waals surface area (Å²) in [6, 6.07) is 18.4. The number of carbonyl (C=O) groups is 4. The third-order valence-corrected chi connectivity index (χ3v) is 16.2. The lowest BCUT2D eigenvalue weighted by Gasteiger charge is -2.43. The number of aromatic nitrogens is 2. The number of benzene rings is 3. The van der Waals surface area contributed by atoms with Crippen LogP contribution in [0.2, 0.25) is 5.02 Å². The minimum atomic E-state index is -3.57. The summed E-state index contributed by atoms with van der Waals surface area (Å²) in [5.74, 6) is 1.22. The van der Waals surface area contributed by atoms with Gasteiger partial charge in [-0.15, -0.1) is 11.8 Å². The number of piperazine rings is 1. The predicted molar refractivity (Wildman–Crippen MR) is 261 cm³/mol. The fraction of sp³-hybridized carbons (Fsp3) is 0.447. The molecule has 1 aromatic heterocycles. The van der Waals surface area contributed by atoms with Crippen LogP contribution in [-0.2, 0) is 39.3 Å². The number of amides is 4. The maximum Gasteiger partial charge on any atom is 0.362 e. The molecule has 0 aliphatic carbocycles. The Bertz CT molecular complexity index is 2530. The molecule has 362 valence electrons. The summed E-state index contributed by atoms with van der Waals surface area (Å²) in [5.41, 5.74) is 3.72. The average molecular weight is 991 g/mol. The number of nitrogens with zero attached hydrogens (tertiary/aromatic N) is 6. The van der Waals surface area contributed by atoms with Crippen molar-refractivity contribution in [2.45, 2.75) is 62.0 Å². The number of imide groups is 1.